The Balaban J connectivity index is 1.35. The molecule has 0 aliphatic heterocycles. The number of benzene rings is 2. The fourth-order valence-corrected chi connectivity index (χ4v) is 4.73. The molecule has 3 rings (SSSR count). The molecule has 156 valence electrons. The van der Waals surface area contributed by atoms with Gasteiger partial charge in [0, 0.05) is 12.6 Å². The number of hydrogen-bond donors (Lipinski definition) is 3. The van der Waals surface area contributed by atoms with Crippen molar-refractivity contribution in [1.82, 2.24) is 10.0 Å². The molecule has 0 fully saturated rings. The van der Waals surface area contributed by atoms with Crippen LogP contribution >= 0.6 is 0 Å². The van der Waals surface area contributed by atoms with Crippen molar-refractivity contribution in [1.29, 1.82) is 0 Å². The third kappa shape index (κ3) is 6.13. The van der Waals surface area contributed by atoms with Gasteiger partial charge in [0.15, 0.2) is 0 Å². The van der Waals surface area contributed by atoms with Gasteiger partial charge in [-0.2, -0.15) is 0 Å². The maximum atomic E-state index is 12.4. The Bertz CT molecular complexity index is 916. The zero-order valence-corrected chi connectivity index (χ0v) is 17.3. The highest BCUT2D eigenvalue weighted by Crippen LogP contribution is 2.21. The van der Waals surface area contributed by atoms with E-state index in [0.717, 1.165) is 19.3 Å². The zero-order valence-electron chi connectivity index (χ0n) is 16.5. The zero-order chi connectivity index (χ0) is 20.7. The molecular formula is C22H29N3O3S. The van der Waals surface area contributed by atoms with Gasteiger partial charge in [-0.05, 0) is 55.4 Å². The van der Waals surface area contributed by atoms with Crippen molar-refractivity contribution in [3.05, 3.63) is 65.7 Å². The average Bonchev–Trinajstić information content (AvgIpc) is 2.73. The summed E-state index contributed by atoms with van der Waals surface area (Å²) in [6, 6.07) is 16.2. The maximum Gasteiger partial charge on any atom is 0.240 e. The van der Waals surface area contributed by atoms with Gasteiger partial charge in [0.05, 0.1) is 10.9 Å². The van der Waals surface area contributed by atoms with Gasteiger partial charge >= 0.3 is 0 Å². The molecule has 1 unspecified atom stereocenters. The van der Waals surface area contributed by atoms with Crippen molar-refractivity contribution in [2.45, 2.75) is 55.5 Å². The van der Waals surface area contributed by atoms with E-state index in [1.54, 1.807) is 30.3 Å². The lowest BCUT2D eigenvalue weighted by atomic mass is 9.88. The van der Waals surface area contributed by atoms with E-state index in [4.69, 9.17) is 5.73 Å². The van der Waals surface area contributed by atoms with Gasteiger partial charge in [-0.1, -0.05) is 48.9 Å². The number of carbonyl (C=O) groups is 1. The summed E-state index contributed by atoms with van der Waals surface area (Å²) >= 11 is 0. The van der Waals surface area contributed by atoms with Crippen LogP contribution in [-0.2, 0) is 27.7 Å². The minimum Gasteiger partial charge on any atom is -0.352 e. The number of sulfonamides is 1. The number of amides is 1. The Morgan fingerprint density at radius 1 is 1.03 bits per heavy atom. The van der Waals surface area contributed by atoms with Crippen LogP contribution in [0.15, 0.2) is 59.5 Å². The van der Waals surface area contributed by atoms with E-state index in [1.807, 2.05) is 12.1 Å². The molecule has 0 saturated heterocycles. The minimum atomic E-state index is -3.48. The molecule has 2 aromatic carbocycles. The number of aryl methyl sites for hydroxylation is 1. The lowest BCUT2D eigenvalue weighted by Gasteiger charge is -2.26. The highest BCUT2D eigenvalue weighted by atomic mass is 32.2. The Morgan fingerprint density at radius 3 is 2.48 bits per heavy atom. The third-order valence-corrected chi connectivity index (χ3v) is 6.79. The number of hydrogen-bond acceptors (Lipinski definition) is 4. The number of carbonyl (C=O) groups excluding carboxylic acids is 1. The largest absolute Gasteiger partial charge is 0.352 e. The van der Waals surface area contributed by atoms with Crippen LogP contribution in [0.3, 0.4) is 0 Å². The summed E-state index contributed by atoms with van der Waals surface area (Å²) in [6.45, 7) is 0.324. The Hall–Kier alpha value is -2.22. The standard InChI is InChI=1S/C22H29N3O3S/c23-21(12-6-7-15-24-29(27,28)20-10-2-1-3-11-20)22(26)25-19-14-13-17-8-4-5-9-18(17)16-19/h1-5,8-11,19,21,24H,6-7,12-16,23H2,(H,25,26)/t19?,21-/m0/s1. The quantitative estimate of drug-likeness (QED) is 0.546. The Kier molecular flexibility index (Phi) is 7.41. The van der Waals surface area contributed by atoms with Crippen LogP contribution in [0, 0.1) is 0 Å². The molecule has 2 aromatic rings. The number of nitrogens with one attached hydrogen (secondary N) is 2. The molecule has 1 amide bonds. The van der Waals surface area contributed by atoms with Gasteiger partial charge in [-0.25, -0.2) is 13.1 Å². The molecule has 29 heavy (non-hydrogen) atoms. The normalized spacial score (nSPS) is 17.3. The van der Waals surface area contributed by atoms with Gasteiger partial charge in [-0.15, -0.1) is 0 Å². The van der Waals surface area contributed by atoms with Crippen LogP contribution in [0.25, 0.3) is 0 Å². The monoisotopic (exact) mass is 415 g/mol. The van der Waals surface area contributed by atoms with Crippen LogP contribution in [0.5, 0.6) is 0 Å². The second kappa shape index (κ2) is 10.0. The fourth-order valence-electron chi connectivity index (χ4n) is 3.64. The van der Waals surface area contributed by atoms with E-state index in [2.05, 4.69) is 22.2 Å². The first-order valence-electron chi connectivity index (χ1n) is 10.1. The SMILES string of the molecule is N[C@@H](CCCCNS(=O)(=O)c1ccccc1)C(=O)NC1CCc2ccccc2C1. The van der Waals surface area contributed by atoms with Gasteiger partial charge in [0.25, 0.3) is 0 Å². The summed E-state index contributed by atoms with van der Waals surface area (Å²) in [6.07, 6.45) is 4.58. The Labute approximate surface area is 172 Å². The third-order valence-electron chi connectivity index (χ3n) is 5.32. The Morgan fingerprint density at radius 2 is 1.72 bits per heavy atom. The van der Waals surface area contributed by atoms with Gasteiger partial charge in [0.2, 0.25) is 15.9 Å². The van der Waals surface area contributed by atoms with Gasteiger partial charge in [0.1, 0.15) is 0 Å². The predicted octanol–water partition coefficient (Wildman–Crippen LogP) is 2.14. The molecule has 0 heterocycles. The lowest BCUT2D eigenvalue weighted by Crippen LogP contribution is -2.47. The van der Waals surface area contributed by atoms with Crippen LogP contribution in [0.4, 0.5) is 0 Å². The predicted molar refractivity (Wildman–Crippen MR) is 114 cm³/mol. The topological polar surface area (TPSA) is 101 Å². The van der Waals surface area contributed by atoms with Crippen molar-refractivity contribution in [2.24, 2.45) is 5.73 Å². The van der Waals surface area contributed by atoms with Crippen molar-refractivity contribution in [3.63, 3.8) is 0 Å². The smallest absolute Gasteiger partial charge is 0.240 e. The van der Waals surface area contributed by atoms with Gasteiger partial charge < -0.3 is 11.1 Å². The first-order chi connectivity index (χ1) is 14.0. The molecule has 0 radical (unpaired) electrons. The molecule has 0 spiro atoms. The molecule has 0 aromatic heterocycles. The molecule has 1 aliphatic rings. The van der Waals surface area contributed by atoms with Crippen LogP contribution in [0.1, 0.15) is 36.8 Å². The average molecular weight is 416 g/mol. The van der Waals surface area contributed by atoms with Crippen LogP contribution < -0.4 is 15.8 Å². The number of fused-ring (bicyclic) bond motifs is 1. The van der Waals surface area contributed by atoms with E-state index in [9.17, 15) is 13.2 Å². The first-order valence-corrected chi connectivity index (χ1v) is 11.6. The molecule has 4 N–H and O–H groups in total. The van der Waals surface area contributed by atoms with Crippen molar-refractivity contribution < 1.29 is 13.2 Å². The van der Waals surface area contributed by atoms with Crippen molar-refractivity contribution in [3.8, 4) is 0 Å². The van der Waals surface area contributed by atoms with E-state index >= 15 is 0 Å². The summed E-state index contributed by atoms with van der Waals surface area (Å²) < 4.78 is 26.9. The minimum absolute atomic E-state index is 0.126. The lowest BCUT2D eigenvalue weighted by molar-refractivity contribution is -0.123. The molecular weight excluding hydrogens is 386 g/mol. The first kappa shape index (κ1) is 21.5. The molecule has 1 aliphatic carbocycles. The van der Waals surface area contributed by atoms with E-state index in [-0.39, 0.29) is 16.8 Å². The number of unbranched alkanes of at least 4 members (excludes halogenated alkanes) is 1. The second-order valence-corrected chi connectivity index (χ2v) is 9.30. The summed E-state index contributed by atoms with van der Waals surface area (Å²) in [7, 11) is -3.48. The molecule has 2 atom stereocenters. The summed E-state index contributed by atoms with van der Waals surface area (Å²) in [4.78, 5) is 12.6. The van der Waals surface area contributed by atoms with Crippen LogP contribution in [0.2, 0.25) is 0 Å². The fraction of sp³-hybridized carbons (Fsp3) is 0.409. The highest BCUT2D eigenvalue weighted by Gasteiger charge is 2.22. The molecule has 0 bridgehead atoms. The summed E-state index contributed by atoms with van der Waals surface area (Å²) in [5, 5.41) is 3.07. The second-order valence-electron chi connectivity index (χ2n) is 7.53. The van der Waals surface area contributed by atoms with Crippen molar-refractivity contribution in [2.75, 3.05) is 6.54 Å². The van der Waals surface area contributed by atoms with Crippen molar-refractivity contribution >= 4 is 15.9 Å². The number of rotatable bonds is 9. The van der Waals surface area contributed by atoms with E-state index in [0.29, 0.717) is 25.8 Å². The molecule has 6 nitrogen and oxygen atoms in total. The van der Waals surface area contributed by atoms with Gasteiger partial charge in [-0.3, -0.25) is 4.79 Å². The highest BCUT2D eigenvalue weighted by molar-refractivity contribution is 7.89. The summed E-state index contributed by atoms with van der Waals surface area (Å²) in [5.74, 6) is -0.126. The van der Waals surface area contributed by atoms with E-state index in [1.165, 1.54) is 11.1 Å². The summed E-state index contributed by atoms with van der Waals surface area (Å²) in [5.41, 5.74) is 8.69. The number of nitrogens with two attached hydrogens (primary N) is 1. The van der Waals surface area contributed by atoms with E-state index < -0.39 is 16.1 Å². The molecule has 7 heteroatoms. The van der Waals surface area contributed by atoms with Crippen LogP contribution in [-0.4, -0.2) is 33.0 Å². The maximum absolute atomic E-state index is 12.4. The molecule has 0 saturated carbocycles.